The third-order valence-corrected chi connectivity index (χ3v) is 5.90. The fourth-order valence-corrected chi connectivity index (χ4v) is 4.01. The van der Waals surface area contributed by atoms with Crippen molar-refractivity contribution < 1.29 is 31.5 Å². The molecule has 1 aromatic carbocycles. The molecule has 1 atom stereocenters. The molecule has 0 bridgehead atoms. The van der Waals surface area contributed by atoms with Crippen LogP contribution in [0.1, 0.15) is 89.5 Å². The second-order valence-corrected chi connectivity index (χ2v) is 8.76. The molecule has 0 spiro atoms. The van der Waals surface area contributed by atoms with E-state index >= 15 is 0 Å². The third kappa shape index (κ3) is 13.3. The van der Waals surface area contributed by atoms with E-state index in [-0.39, 0.29) is 34.2 Å². The molecule has 1 N–H and O–H groups in total. The standard InChI is InChI=1S/C24H43N2O3.BrH/c1-3-4-5-6-7-8-9-10-11-12-13-14-19-26(2,20-21-27)22-23-15-17-24(18-16-23)25(28)29;/h15-18,27H,3-14,19-22H2,1-2H3;1H/q+1;/p-1. The lowest BCUT2D eigenvalue weighted by Gasteiger charge is -2.34. The van der Waals surface area contributed by atoms with Gasteiger partial charge in [-0.25, -0.2) is 0 Å². The van der Waals surface area contributed by atoms with Crippen LogP contribution in [0.15, 0.2) is 24.3 Å². The minimum atomic E-state index is -0.363. The van der Waals surface area contributed by atoms with Gasteiger partial charge in [-0.3, -0.25) is 10.1 Å². The van der Waals surface area contributed by atoms with Crippen molar-refractivity contribution in [2.45, 2.75) is 90.5 Å². The molecule has 30 heavy (non-hydrogen) atoms. The van der Waals surface area contributed by atoms with E-state index in [9.17, 15) is 15.2 Å². The fourth-order valence-electron chi connectivity index (χ4n) is 4.01. The predicted octanol–water partition coefficient (Wildman–Crippen LogP) is 3.24. The summed E-state index contributed by atoms with van der Waals surface area (Å²) < 4.78 is 0.784. The van der Waals surface area contributed by atoms with Crippen LogP contribution in [0, 0.1) is 10.1 Å². The van der Waals surface area contributed by atoms with Gasteiger partial charge in [-0.05, 0) is 25.0 Å². The quantitative estimate of drug-likeness (QED) is 0.150. The highest BCUT2D eigenvalue weighted by Gasteiger charge is 2.21. The molecule has 0 saturated heterocycles. The molecular formula is C24H43BrN2O3. The molecule has 0 fully saturated rings. The summed E-state index contributed by atoms with van der Waals surface area (Å²) in [5, 5.41) is 20.3. The normalized spacial score (nSPS) is 12.9. The molecule has 1 aromatic rings. The summed E-state index contributed by atoms with van der Waals surface area (Å²) in [5.74, 6) is 0. The summed E-state index contributed by atoms with van der Waals surface area (Å²) in [6.07, 6.45) is 16.1. The first-order chi connectivity index (χ1) is 14.0. The molecule has 0 amide bonds. The van der Waals surface area contributed by atoms with Crippen LogP contribution >= 0.6 is 0 Å². The monoisotopic (exact) mass is 486 g/mol. The third-order valence-electron chi connectivity index (χ3n) is 5.90. The number of halogens is 1. The number of rotatable bonds is 18. The summed E-state index contributed by atoms with van der Waals surface area (Å²) >= 11 is 0. The number of unbranched alkanes of at least 4 members (excludes halogenated alkanes) is 11. The highest BCUT2D eigenvalue weighted by Crippen LogP contribution is 2.18. The molecular weight excluding hydrogens is 444 g/mol. The molecule has 1 rings (SSSR count). The number of hydrogen-bond donors (Lipinski definition) is 1. The fraction of sp³-hybridized carbons (Fsp3) is 0.750. The van der Waals surface area contributed by atoms with Gasteiger partial charge in [0.25, 0.3) is 5.69 Å². The second kappa shape index (κ2) is 17.7. The van der Waals surface area contributed by atoms with Crippen LogP contribution in [0.2, 0.25) is 0 Å². The number of nitro benzene ring substituents is 1. The van der Waals surface area contributed by atoms with E-state index in [0.717, 1.165) is 29.7 Å². The van der Waals surface area contributed by atoms with Crippen molar-refractivity contribution in [2.75, 3.05) is 26.7 Å². The van der Waals surface area contributed by atoms with Gasteiger partial charge in [-0.2, -0.15) is 0 Å². The molecule has 0 radical (unpaired) electrons. The average molecular weight is 488 g/mol. The molecule has 0 aliphatic rings. The minimum Gasteiger partial charge on any atom is -1.00 e. The molecule has 0 aliphatic carbocycles. The highest BCUT2D eigenvalue weighted by molar-refractivity contribution is 5.32. The van der Waals surface area contributed by atoms with Crippen molar-refractivity contribution in [3.05, 3.63) is 39.9 Å². The van der Waals surface area contributed by atoms with Gasteiger partial charge in [-0.1, -0.05) is 71.1 Å². The predicted molar refractivity (Wildman–Crippen MR) is 121 cm³/mol. The van der Waals surface area contributed by atoms with Gasteiger partial charge in [0, 0.05) is 17.7 Å². The van der Waals surface area contributed by atoms with E-state index in [0.29, 0.717) is 0 Å². The van der Waals surface area contributed by atoms with Gasteiger partial charge < -0.3 is 26.6 Å². The van der Waals surface area contributed by atoms with Crippen LogP contribution < -0.4 is 17.0 Å². The summed E-state index contributed by atoms with van der Waals surface area (Å²) in [6, 6.07) is 6.83. The zero-order valence-electron chi connectivity index (χ0n) is 19.2. The maximum absolute atomic E-state index is 10.8. The summed E-state index contributed by atoms with van der Waals surface area (Å²) in [4.78, 5) is 10.4. The van der Waals surface area contributed by atoms with Crippen molar-refractivity contribution in [3.8, 4) is 0 Å². The van der Waals surface area contributed by atoms with E-state index in [2.05, 4.69) is 14.0 Å². The molecule has 6 heteroatoms. The van der Waals surface area contributed by atoms with Gasteiger partial charge in [0.05, 0.1) is 25.1 Å². The second-order valence-electron chi connectivity index (χ2n) is 8.76. The van der Waals surface area contributed by atoms with E-state index in [1.54, 1.807) is 12.1 Å². The number of aliphatic hydroxyl groups excluding tert-OH is 1. The van der Waals surface area contributed by atoms with Gasteiger partial charge in [0.2, 0.25) is 0 Å². The number of likely N-dealkylation sites (N-methyl/N-ethyl adjacent to an activating group) is 1. The first-order valence-electron chi connectivity index (χ1n) is 11.7. The van der Waals surface area contributed by atoms with Crippen LogP contribution in [-0.2, 0) is 6.54 Å². The average Bonchev–Trinajstić information content (AvgIpc) is 2.69. The Morgan fingerprint density at radius 3 is 1.73 bits per heavy atom. The maximum atomic E-state index is 10.8. The van der Waals surface area contributed by atoms with Crippen LogP contribution in [0.3, 0.4) is 0 Å². The lowest BCUT2D eigenvalue weighted by molar-refractivity contribution is -0.923. The first-order valence-corrected chi connectivity index (χ1v) is 11.7. The Kier molecular flexibility index (Phi) is 17.1. The largest absolute Gasteiger partial charge is 1.00 e. The summed E-state index contributed by atoms with van der Waals surface area (Å²) in [7, 11) is 2.18. The van der Waals surface area contributed by atoms with Crippen LogP contribution in [0.4, 0.5) is 5.69 Å². The van der Waals surface area contributed by atoms with Crippen molar-refractivity contribution in [1.29, 1.82) is 0 Å². The highest BCUT2D eigenvalue weighted by atomic mass is 79.9. The summed E-state index contributed by atoms with van der Waals surface area (Å²) in [5.41, 5.74) is 1.22. The lowest BCUT2D eigenvalue weighted by atomic mass is 10.0. The Bertz CT molecular complexity index is 554. The Morgan fingerprint density at radius 2 is 1.30 bits per heavy atom. The SMILES string of the molecule is CCCCCCCCCCCCCC[N+](C)(CCO)Cc1ccc([N+](=O)[O-])cc1.[Br-]. The zero-order valence-corrected chi connectivity index (χ0v) is 20.7. The molecule has 174 valence electrons. The van der Waals surface area contributed by atoms with E-state index in [4.69, 9.17) is 0 Å². The van der Waals surface area contributed by atoms with Crippen LogP contribution in [-0.4, -0.2) is 41.3 Å². The first kappa shape index (κ1) is 29.0. The summed E-state index contributed by atoms with van der Waals surface area (Å²) in [6.45, 7) is 4.99. The van der Waals surface area contributed by atoms with Crippen LogP contribution in [0.25, 0.3) is 0 Å². The van der Waals surface area contributed by atoms with Gasteiger partial charge in [-0.15, -0.1) is 0 Å². The number of aliphatic hydroxyl groups is 1. The molecule has 0 aliphatic heterocycles. The van der Waals surface area contributed by atoms with Crippen molar-refractivity contribution >= 4 is 5.69 Å². The van der Waals surface area contributed by atoms with Crippen molar-refractivity contribution in [3.63, 3.8) is 0 Å². The molecule has 0 aromatic heterocycles. The Balaban J connectivity index is 0.00000841. The number of non-ortho nitro benzene ring substituents is 1. The van der Waals surface area contributed by atoms with Gasteiger partial charge in [0.1, 0.15) is 13.1 Å². The Hall–Kier alpha value is -0.980. The Labute approximate surface area is 194 Å². The maximum Gasteiger partial charge on any atom is 0.269 e. The molecule has 1 unspecified atom stereocenters. The molecule has 5 nitrogen and oxygen atoms in total. The molecule has 0 saturated carbocycles. The Morgan fingerprint density at radius 1 is 0.833 bits per heavy atom. The van der Waals surface area contributed by atoms with Gasteiger partial charge >= 0.3 is 0 Å². The zero-order chi connectivity index (χ0) is 21.4. The number of nitrogens with zero attached hydrogens (tertiary/aromatic N) is 2. The number of nitro groups is 1. The number of benzene rings is 1. The smallest absolute Gasteiger partial charge is 0.269 e. The number of hydrogen-bond acceptors (Lipinski definition) is 3. The topological polar surface area (TPSA) is 63.4 Å². The van der Waals surface area contributed by atoms with Crippen molar-refractivity contribution in [1.82, 2.24) is 0 Å². The van der Waals surface area contributed by atoms with E-state index in [1.807, 2.05) is 12.1 Å². The van der Waals surface area contributed by atoms with Crippen molar-refractivity contribution in [2.24, 2.45) is 0 Å². The minimum absolute atomic E-state index is 0. The molecule has 0 heterocycles. The lowest BCUT2D eigenvalue weighted by Crippen LogP contribution is -3.00. The van der Waals surface area contributed by atoms with E-state index in [1.165, 1.54) is 77.0 Å². The number of quaternary nitrogens is 1. The van der Waals surface area contributed by atoms with Gasteiger partial charge in [0.15, 0.2) is 0 Å². The van der Waals surface area contributed by atoms with Crippen LogP contribution in [0.5, 0.6) is 0 Å². The van der Waals surface area contributed by atoms with E-state index < -0.39 is 0 Å².